The highest BCUT2D eigenvalue weighted by molar-refractivity contribution is 9.11. The molecule has 2 rings (SSSR count). The quantitative estimate of drug-likeness (QED) is 0.639. The van der Waals surface area contributed by atoms with Crippen molar-refractivity contribution in [3.05, 3.63) is 14.7 Å². The van der Waals surface area contributed by atoms with Gasteiger partial charge in [0.25, 0.3) is 0 Å². The van der Waals surface area contributed by atoms with E-state index in [4.69, 9.17) is 5.11 Å². The van der Waals surface area contributed by atoms with E-state index in [1.807, 2.05) is 0 Å². The molecule has 1 aromatic heterocycles. The van der Waals surface area contributed by atoms with Crippen molar-refractivity contribution in [3.63, 3.8) is 0 Å². The normalized spacial score (nSPS) is 14.9. The number of thiophene rings is 1. The minimum Gasteiger partial charge on any atom is -0.477 e. The molecule has 0 aromatic carbocycles. The molecule has 1 saturated carbocycles. The molecule has 1 heterocycles. The van der Waals surface area contributed by atoms with Gasteiger partial charge in [0.05, 0.1) is 3.79 Å². The van der Waals surface area contributed by atoms with Crippen molar-refractivity contribution in [1.82, 2.24) is 10.0 Å². The van der Waals surface area contributed by atoms with E-state index in [0.29, 0.717) is 0 Å². The summed E-state index contributed by atoms with van der Waals surface area (Å²) in [6.45, 7) is -0.0361. The van der Waals surface area contributed by atoms with Crippen molar-refractivity contribution in [1.29, 1.82) is 0 Å². The lowest BCUT2D eigenvalue weighted by Gasteiger charge is -2.06. The fraction of sp³-hybridized carbons (Fsp3) is 0.455. The molecule has 0 unspecified atom stereocenters. The van der Waals surface area contributed by atoms with Crippen molar-refractivity contribution in [3.8, 4) is 0 Å². The minimum absolute atomic E-state index is 0.0361. The molecule has 0 radical (unpaired) electrons. The van der Waals surface area contributed by atoms with Crippen molar-refractivity contribution >= 4 is 49.2 Å². The number of amides is 1. The van der Waals surface area contributed by atoms with Crippen LogP contribution >= 0.6 is 27.3 Å². The lowest BCUT2D eigenvalue weighted by molar-refractivity contribution is -0.121. The summed E-state index contributed by atoms with van der Waals surface area (Å²) in [7, 11) is -3.84. The number of halogens is 1. The van der Waals surface area contributed by atoms with E-state index in [-0.39, 0.29) is 38.5 Å². The number of aromatic carboxylic acids is 1. The fourth-order valence-electron chi connectivity index (χ4n) is 1.54. The van der Waals surface area contributed by atoms with Crippen LogP contribution in [0.4, 0.5) is 0 Å². The first-order valence-electron chi connectivity index (χ1n) is 6.11. The molecule has 0 atom stereocenters. The Bertz CT molecular complexity index is 666. The third kappa shape index (κ3) is 4.50. The van der Waals surface area contributed by atoms with Crippen LogP contribution in [0.3, 0.4) is 0 Å². The molecular weight excluding hydrogens is 384 g/mol. The number of carboxylic acids is 1. The number of rotatable bonds is 7. The van der Waals surface area contributed by atoms with Crippen molar-refractivity contribution in [2.45, 2.75) is 30.2 Å². The second kappa shape index (κ2) is 6.42. The Morgan fingerprint density at radius 3 is 2.62 bits per heavy atom. The van der Waals surface area contributed by atoms with Gasteiger partial charge in [-0.25, -0.2) is 17.9 Å². The fourth-order valence-corrected chi connectivity index (χ4v) is 4.98. The Morgan fingerprint density at radius 2 is 2.10 bits per heavy atom. The lowest BCUT2D eigenvalue weighted by atomic mass is 10.4. The summed E-state index contributed by atoms with van der Waals surface area (Å²) < 4.78 is 26.6. The molecule has 0 saturated heterocycles. The van der Waals surface area contributed by atoms with Gasteiger partial charge in [-0.15, -0.1) is 11.3 Å². The van der Waals surface area contributed by atoms with Crippen LogP contribution in [0.5, 0.6) is 0 Å². The number of carboxylic acid groups (broad SMARTS) is 1. The van der Waals surface area contributed by atoms with E-state index < -0.39 is 16.0 Å². The molecule has 21 heavy (non-hydrogen) atoms. The topological polar surface area (TPSA) is 113 Å². The van der Waals surface area contributed by atoms with Crippen molar-refractivity contribution in [2.24, 2.45) is 0 Å². The van der Waals surface area contributed by atoms with Gasteiger partial charge in [0.2, 0.25) is 15.9 Å². The zero-order chi connectivity index (χ0) is 15.6. The maximum absolute atomic E-state index is 12.0. The number of carbonyl (C=O) groups is 2. The number of nitrogens with one attached hydrogen (secondary N) is 2. The molecule has 0 bridgehead atoms. The third-order valence-corrected chi connectivity index (χ3v) is 6.44. The minimum atomic E-state index is -3.84. The number of hydrogen-bond donors (Lipinski definition) is 3. The smallest absolute Gasteiger partial charge is 0.345 e. The van der Waals surface area contributed by atoms with Gasteiger partial charge in [-0.05, 0) is 34.8 Å². The Kier molecular flexibility index (Phi) is 5.02. The second-order valence-electron chi connectivity index (χ2n) is 4.54. The molecule has 1 fully saturated rings. The zero-order valence-electron chi connectivity index (χ0n) is 10.8. The van der Waals surface area contributed by atoms with E-state index in [0.717, 1.165) is 30.2 Å². The van der Waals surface area contributed by atoms with Crippen LogP contribution in [0.2, 0.25) is 0 Å². The van der Waals surface area contributed by atoms with Gasteiger partial charge >= 0.3 is 5.97 Å². The number of carbonyl (C=O) groups excluding carboxylic acids is 1. The highest BCUT2D eigenvalue weighted by Gasteiger charge is 2.25. The first-order chi connectivity index (χ1) is 9.79. The van der Waals surface area contributed by atoms with Crippen LogP contribution in [0.1, 0.15) is 28.9 Å². The molecule has 0 aliphatic heterocycles. The first kappa shape index (κ1) is 16.4. The van der Waals surface area contributed by atoms with E-state index in [1.54, 1.807) is 0 Å². The highest BCUT2D eigenvalue weighted by atomic mass is 79.9. The summed E-state index contributed by atoms with van der Waals surface area (Å²) in [5, 5.41) is 11.6. The Labute approximate surface area is 133 Å². The van der Waals surface area contributed by atoms with E-state index in [1.165, 1.54) is 0 Å². The molecule has 1 aliphatic rings. The Hall–Kier alpha value is -0.970. The van der Waals surface area contributed by atoms with Crippen LogP contribution in [-0.2, 0) is 14.8 Å². The van der Waals surface area contributed by atoms with Crippen LogP contribution in [-0.4, -0.2) is 38.0 Å². The molecule has 1 aliphatic carbocycles. The van der Waals surface area contributed by atoms with Gasteiger partial charge in [-0.1, -0.05) is 0 Å². The van der Waals surface area contributed by atoms with Crippen LogP contribution in [0.25, 0.3) is 0 Å². The molecule has 116 valence electrons. The van der Waals surface area contributed by atoms with E-state index in [9.17, 15) is 18.0 Å². The summed E-state index contributed by atoms with van der Waals surface area (Å²) in [5.41, 5.74) is 0. The molecule has 0 spiro atoms. The third-order valence-electron chi connectivity index (χ3n) is 2.74. The molecular formula is C11H13BrN2O5S2. The average Bonchev–Trinajstić information content (AvgIpc) is 3.07. The number of sulfonamides is 1. The van der Waals surface area contributed by atoms with Gasteiger partial charge < -0.3 is 10.4 Å². The predicted molar refractivity (Wildman–Crippen MR) is 79.9 cm³/mol. The van der Waals surface area contributed by atoms with Gasteiger partial charge in [0, 0.05) is 19.0 Å². The number of hydrogen-bond acceptors (Lipinski definition) is 5. The Morgan fingerprint density at radius 1 is 1.43 bits per heavy atom. The summed E-state index contributed by atoms with van der Waals surface area (Å²) in [5.74, 6) is -1.39. The maximum atomic E-state index is 12.0. The molecule has 1 aromatic rings. The summed E-state index contributed by atoms with van der Waals surface area (Å²) in [4.78, 5) is 22.1. The standard InChI is InChI=1S/C11H13BrN2O5S2/c12-10-8(5-7(20-10)11(16)17)21(18,19)13-4-3-9(15)14-6-1-2-6/h5-6,13H,1-4H2,(H,14,15)(H,16,17). The van der Waals surface area contributed by atoms with Crippen LogP contribution in [0, 0.1) is 0 Å². The van der Waals surface area contributed by atoms with Gasteiger partial charge in [-0.2, -0.15) is 0 Å². The van der Waals surface area contributed by atoms with E-state index in [2.05, 4.69) is 26.0 Å². The van der Waals surface area contributed by atoms with Crippen molar-refractivity contribution in [2.75, 3.05) is 6.54 Å². The van der Waals surface area contributed by atoms with Gasteiger partial charge in [0.1, 0.15) is 9.77 Å². The highest BCUT2D eigenvalue weighted by Crippen LogP contribution is 2.31. The zero-order valence-corrected chi connectivity index (χ0v) is 14.0. The molecule has 1 amide bonds. The molecule has 3 N–H and O–H groups in total. The second-order valence-corrected chi connectivity index (χ2v) is 8.65. The van der Waals surface area contributed by atoms with Gasteiger partial charge in [-0.3, -0.25) is 4.79 Å². The largest absolute Gasteiger partial charge is 0.477 e. The maximum Gasteiger partial charge on any atom is 0.345 e. The van der Waals surface area contributed by atoms with Crippen LogP contribution in [0.15, 0.2) is 14.7 Å². The van der Waals surface area contributed by atoms with Crippen LogP contribution < -0.4 is 10.0 Å². The monoisotopic (exact) mass is 396 g/mol. The lowest BCUT2D eigenvalue weighted by Crippen LogP contribution is -2.31. The Balaban J connectivity index is 1.94. The predicted octanol–water partition coefficient (Wildman–Crippen LogP) is 1.16. The molecule has 7 nitrogen and oxygen atoms in total. The summed E-state index contributed by atoms with van der Waals surface area (Å²) in [6, 6.07) is 1.32. The van der Waals surface area contributed by atoms with Crippen molar-refractivity contribution < 1.29 is 23.1 Å². The summed E-state index contributed by atoms with van der Waals surface area (Å²) >= 11 is 3.86. The van der Waals surface area contributed by atoms with E-state index >= 15 is 0 Å². The molecule has 10 heteroatoms. The SMILES string of the molecule is O=C(CCNS(=O)(=O)c1cc(C(=O)O)sc1Br)NC1CC1. The first-order valence-corrected chi connectivity index (χ1v) is 9.20. The summed E-state index contributed by atoms with van der Waals surface area (Å²) in [6.07, 6.45) is 1.98. The average molecular weight is 397 g/mol. The van der Waals surface area contributed by atoms with Gasteiger partial charge in [0.15, 0.2) is 0 Å².